The Bertz CT molecular complexity index is 1310. The molecule has 4 aromatic rings. The summed E-state index contributed by atoms with van der Waals surface area (Å²) < 4.78 is 25.3. The number of ether oxygens (including phenoxy) is 2. The number of carboxylic acids is 1. The van der Waals surface area contributed by atoms with Crippen molar-refractivity contribution < 1.29 is 23.8 Å². The van der Waals surface area contributed by atoms with Gasteiger partial charge in [-0.2, -0.15) is 0 Å². The van der Waals surface area contributed by atoms with Crippen molar-refractivity contribution in [2.75, 3.05) is 19.5 Å². The number of carbonyl (C=O) groups is 1. The van der Waals surface area contributed by atoms with Gasteiger partial charge < -0.3 is 19.9 Å². The van der Waals surface area contributed by atoms with Crippen LogP contribution in [0.5, 0.6) is 11.5 Å². The average molecular weight is 474 g/mol. The second kappa shape index (κ2) is 10.6. The molecule has 0 aliphatic carbocycles. The third-order valence-electron chi connectivity index (χ3n) is 5.60. The zero-order chi connectivity index (χ0) is 24.8. The van der Waals surface area contributed by atoms with Crippen molar-refractivity contribution in [3.8, 4) is 33.8 Å². The van der Waals surface area contributed by atoms with Crippen LogP contribution in [0.1, 0.15) is 5.56 Å². The molecule has 2 N–H and O–H groups in total. The Morgan fingerprint density at radius 1 is 0.971 bits per heavy atom. The summed E-state index contributed by atoms with van der Waals surface area (Å²) in [6, 6.07) is 18.3. The molecule has 0 fully saturated rings. The number of rotatable bonds is 9. The molecular weight excluding hydrogens is 449 g/mol. The third kappa shape index (κ3) is 5.22. The van der Waals surface area contributed by atoms with Gasteiger partial charge in [-0.05, 0) is 29.3 Å². The minimum Gasteiger partial charge on any atom is -0.496 e. The maximum absolute atomic E-state index is 14.4. The Morgan fingerprint density at radius 2 is 1.66 bits per heavy atom. The Kier molecular flexibility index (Phi) is 7.21. The van der Waals surface area contributed by atoms with E-state index in [0.29, 0.717) is 17.1 Å². The smallest absolute Gasteiger partial charge is 0.326 e. The maximum Gasteiger partial charge on any atom is 0.326 e. The van der Waals surface area contributed by atoms with Crippen LogP contribution in [-0.4, -0.2) is 41.3 Å². The highest BCUT2D eigenvalue weighted by atomic mass is 19.1. The minimum absolute atomic E-state index is 0.180. The Labute approximate surface area is 202 Å². The fourth-order valence-corrected chi connectivity index (χ4v) is 3.87. The number of aromatic nitrogens is 2. The zero-order valence-electron chi connectivity index (χ0n) is 19.2. The van der Waals surface area contributed by atoms with Gasteiger partial charge in [0.2, 0.25) is 0 Å². The van der Waals surface area contributed by atoms with Gasteiger partial charge in [-0.3, -0.25) is 0 Å². The molecule has 0 radical (unpaired) electrons. The lowest BCUT2D eigenvalue weighted by molar-refractivity contribution is -0.137. The summed E-state index contributed by atoms with van der Waals surface area (Å²) in [4.78, 5) is 20.2. The van der Waals surface area contributed by atoms with Gasteiger partial charge in [0.15, 0.2) is 0 Å². The van der Waals surface area contributed by atoms with Crippen LogP contribution in [-0.2, 0) is 11.2 Å². The fraction of sp³-hybridized carbons (Fsp3) is 0.148. The molecule has 4 rings (SSSR count). The lowest BCUT2D eigenvalue weighted by Crippen LogP contribution is -2.32. The average Bonchev–Trinajstić information content (AvgIpc) is 2.89. The molecule has 0 aliphatic rings. The number of benzene rings is 3. The molecule has 0 spiro atoms. The summed E-state index contributed by atoms with van der Waals surface area (Å²) in [6.07, 6.45) is 2.93. The van der Waals surface area contributed by atoms with E-state index in [1.165, 1.54) is 18.6 Å². The van der Waals surface area contributed by atoms with Crippen LogP contribution in [0.2, 0.25) is 0 Å². The first-order chi connectivity index (χ1) is 17.0. The lowest BCUT2D eigenvalue weighted by Gasteiger charge is -2.18. The number of hydrogen-bond donors (Lipinski definition) is 2. The van der Waals surface area contributed by atoms with Gasteiger partial charge in [-0.25, -0.2) is 19.2 Å². The highest BCUT2D eigenvalue weighted by Crippen LogP contribution is 2.38. The first kappa shape index (κ1) is 23.7. The van der Waals surface area contributed by atoms with Crippen molar-refractivity contribution in [2.45, 2.75) is 12.5 Å². The maximum atomic E-state index is 14.4. The van der Waals surface area contributed by atoms with Crippen LogP contribution in [0.25, 0.3) is 22.3 Å². The highest BCUT2D eigenvalue weighted by molar-refractivity contribution is 5.82. The van der Waals surface area contributed by atoms with Gasteiger partial charge >= 0.3 is 5.97 Å². The number of carboxylic acid groups (broad SMARTS) is 1. The van der Waals surface area contributed by atoms with Crippen LogP contribution in [0, 0.1) is 5.82 Å². The lowest BCUT2D eigenvalue weighted by atomic mass is 9.99. The van der Waals surface area contributed by atoms with Gasteiger partial charge in [-0.15, -0.1) is 0 Å². The van der Waals surface area contributed by atoms with Gasteiger partial charge in [0.25, 0.3) is 0 Å². The van der Waals surface area contributed by atoms with Crippen molar-refractivity contribution in [3.63, 3.8) is 0 Å². The highest BCUT2D eigenvalue weighted by Gasteiger charge is 2.21. The van der Waals surface area contributed by atoms with Crippen LogP contribution < -0.4 is 14.8 Å². The summed E-state index contributed by atoms with van der Waals surface area (Å²) in [5.41, 5.74) is 3.15. The van der Waals surface area contributed by atoms with Gasteiger partial charge in [0.1, 0.15) is 35.5 Å². The van der Waals surface area contributed by atoms with E-state index in [-0.39, 0.29) is 17.8 Å². The molecule has 7 nitrogen and oxygen atoms in total. The van der Waals surface area contributed by atoms with E-state index in [9.17, 15) is 14.3 Å². The standard InChI is InChI=1S/C27H24FN3O4/c1-34-23-8-5-9-24(35-2)25(23)18-12-10-17(11-13-18)14-22(27(32)33)31-26-20(15-29-16-30-26)19-6-3-4-7-21(19)28/h3-13,15-16,22H,14H2,1-2H3,(H,32,33)(H,29,30,31)/t22-/m0/s1. The Hall–Kier alpha value is -4.46. The molecule has 0 bridgehead atoms. The third-order valence-corrected chi connectivity index (χ3v) is 5.60. The first-order valence-electron chi connectivity index (χ1n) is 10.9. The molecule has 1 aromatic heterocycles. The normalized spacial score (nSPS) is 11.5. The van der Waals surface area contributed by atoms with E-state index >= 15 is 0 Å². The van der Waals surface area contributed by atoms with E-state index in [0.717, 1.165) is 16.7 Å². The van der Waals surface area contributed by atoms with Gasteiger partial charge in [0.05, 0.1) is 19.8 Å². The molecule has 1 heterocycles. The van der Waals surface area contributed by atoms with Crippen LogP contribution in [0.4, 0.5) is 10.2 Å². The molecule has 35 heavy (non-hydrogen) atoms. The molecule has 0 aliphatic heterocycles. The second-order valence-electron chi connectivity index (χ2n) is 7.74. The predicted molar refractivity (Wildman–Crippen MR) is 131 cm³/mol. The van der Waals surface area contributed by atoms with Crippen LogP contribution in [0.3, 0.4) is 0 Å². The molecule has 8 heteroatoms. The summed E-state index contributed by atoms with van der Waals surface area (Å²) in [6.45, 7) is 0. The fourth-order valence-electron chi connectivity index (χ4n) is 3.87. The molecule has 1 atom stereocenters. The molecule has 178 valence electrons. The number of anilines is 1. The van der Waals surface area contributed by atoms with Crippen LogP contribution in [0.15, 0.2) is 79.3 Å². The molecule has 0 saturated heterocycles. The van der Waals surface area contributed by atoms with Crippen molar-refractivity contribution in [1.29, 1.82) is 0 Å². The monoisotopic (exact) mass is 473 g/mol. The van der Waals surface area contributed by atoms with Crippen LogP contribution >= 0.6 is 0 Å². The predicted octanol–water partition coefficient (Wildman–Crippen LogP) is 5.07. The minimum atomic E-state index is -1.06. The van der Waals surface area contributed by atoms with Crippen molar-refractivity contribution in [3.05, 3.63) is 90.6 Å². The van der Waals surface area contributed by atoms with E-state index in [1.54, 1.807) is 32.4 Å². The number of hydrogen-bond acceptors (Lipinski definition) is 6. The van der Waals surface area contributed by atoms with E-state index in [4.69, 9.17) is 9.47 Å². The number of nitrogens with zero attached hydrogens (tertiary/aromatic N) is 2. The first-order valence-corrected chi connectivity index (χ1v) is 10.9. The molecule has 3 aromatic carbocycles. The SMILES string of the molecule is COc1cccc(OC)c1-c1ccc(C[C@H](Nc2ncncc2-c2ccccc2F)C(=O)O)cc1. The molecule has 0 unspecified atom stereocenters. The topological polar surface area (TPSA) is 93.6 Å². The summed E-state index contributed by atoms with van der Waals surface area (Å²) in [7, 11) is 3.19. The number of halogens is 1. The van der Waals surface area contributed by atoms with E-state index < -0.39 is 17.8 Å². The number of aliphatic carboxylic acids is 1. The number of methoxy groups -OCH3 is 2. The van der Waals surface area contributed by atoms with Crippen molar-refractivity contribution in [2.24, 2.45) is 0 Å². The quantitative estimate of drug-likeness (QED) is 0.350. The largest absolute Gasteiger partial charge is 0.496 e. The van der Waals surface area contributed by atoms with Crippen molar-refractivity contribution >= 4 is 11.8 Å². The zero-order valence-corrected chi connectivity index (χ0v) is 19.2. The summed E-state index contributed by atoms with van der Waals surface area (Å²) >= 11 is 0. The van der Waals surface area contributed by atoms with Gasteiger partial charge in [-0.1, -0.05) is 48.5 Å². The van der Waals surface area contributed by atoms with Crippen molar-refractivity contribution in [1.82, 2.24) is 9.97 Å². The Balaban J connectivity index is 1.59. The van der Waals surface area contributed by atoms with E-state index in [1.807, 2.05) is 42.5 Å². The molecular formula is C27H24FN3O4. The van der Waals surface area contributed by atoms with Gasteiger partial charge in [0, 0.05) is 23.7 Å². The van der Waals surface area contributed by atoms with E-state index in [2.05, 4.69) is 15.3 Å². The Morgan fingerprint density at radius 3 is 2.29 bits per heavy atom. The second-order valence-corrected chi connectivity index (χ2v) is 7.74. The molecule has 0 amide bonds. The summed E-state index contributed by atoms with van der Waals surface area (Å²) in [5, 5.41) is 12.8. The number of nitrogens with one attached hydrogen (secondary N) is 1. The molecule has 0 saturated carbocycles. The summed E-state index contributed by atoms with van der Waals surface area (Å²) in [5.74, 6) is 0.0873.